The third-order valence-electron chi connectivity index (χ3n) is 2.64. The van der Waals surface area contributed by atoms with Crippen molar-refractivity contribution in [2.75, 3.05) is 7.11 Å². The largest absolute Gasteiger partial charge is 0.481 e. The van der Waals surface area contributed by atoms with E-state index in [-0.39, 0.29) is 6.03 Å². The highest BCUT2D eigenvalue weighted by atomic mass is 16.5. The van der Waals surface area contributed by atoms with Crippen molar-refractivity contribution in [3.8, 4) is 5.88 Å². The minimum absolute atomic E-state index is 0.262. The predicted molar refractivity (Wildman–Crippen MR) is 74.1 cm³/mol. The Labute approximate surface area is 117 Å². The Bertz CT molecular complexity index is 560. The van der Waals surface area contributed by atoms with Crippen molar-refractivity contribution < 1.29 is 9.53 Å². The number of amides is 2. The highest BCUT2D eigenvalue weighted by Gasteiger charge is 2.05. The van der Waals surface area contributed by atoms with Crippen LogP contribution in [0, 0.1) is 0 Å². The van der Waals surface area contributed by atoms with Gasteiger partial charge in [0, 0.05) is 24.5 Å². The van der Waals surface area contributed by atoms with Crippen LogP contribution < -0.4 is 15.4 Å². The van der Waals surface area contributed by atoms with Crippen LogP contribution in [0.1, 0.15) is 11.3 Å². The number of ether oxygens (including phenoxy) is 1. The molecule has 0 unspecified atom stereocenters. The summed E-state index contributed by atoms with van der Waals surface area (Å²) in [7, 11) is 1.55. The summed E-state index contributed by atoms with van der Waals surface area (Å²) in [5.74, 6) is 0.512. The Morgan fingerprint density at radius 3 is 2.65 bits per heavy atom. The zero-order valence-corrected chi connectivity index (χ0v) is 11.2. The van der Waals surface area contributed by atoms with E-state index in [1.54, 1.807) is 25.6 Å². The van der Waals surface area contributed by atoms with E-state index in [0.29, 0.717) is 19.0 Å². The molecule has 0 fully saturated rings. The lowest BCUT2D eigenvalue weighted by Gasteiger charge is -2.09. The van der Waals surface area contributed by atoms with Crippen LogP contribution >= 0.6 is 0 Å². The summed E-state index contributed by atoms with van der Waals surface area (Å²) in [6.07, 6.45) is 3.33. The van der Waals surface area contributed by atoms with Gasteiger partial charge in [0.1, 0.15) is 0 Å². The number of carbonyl (C=O) groups is 1. The smallest absolute Gasteiger partial charge is 0.315 e. The van der Waals surface area contributed by atoms with Gasteiger partial charge in [-0.05, 0) is 18.2 Å². The first-order chi connectivity index (χ1) is 9.79. The topological polar surface area (TPSA) is 76.1 Å². The molecular weight excluding hydrogens is 256 g/mol. The van der Waals surface area contributed by atoms with Crippen LogP contribution in [0.3, 0.4) is 0 Å². The van der Waals surface area contributed by atoms with Crippen molar-refractivity contribution in [1.82, 2.24) is 20.6 Å². The van der Waals surface area contributed by atoms with Crippen molar-refractivity contribution in [2.24, 2.45) is 0 Å². The zero-order chi connectivity index (χ0) is 14.2. The molecule has 0 spiro atoms. The van der Waals surface area contributed by atoms with Crippen LogP contribution in [0.25, 0.3) is 0 Å². The first kappa shape index (κ1) is 13.8. The Kier molecular flexibility index (Phi) is 4.88. The van der Waals surface area contributed by atoms with Gasteiger partial charge >= 0.3 is 6.03 Å². The zero-order valence-electron chi connectivity index (χ0n) is 11.2. The van der Waals surface area contributed by atoms with Gasteiger partial charge in [-0.1, -0.05) is 12.1 Å². The monoisotopic (exact) mass is 272 g/mol. The van der Waals surface area contributed by atoms with Gasteiger partial charge in [-0.2, -0.15) is 0 Å². The summed E-state index contributed by atoms with van der Waals surface area (Å²) in [5, 5.41) is 5.48. The number of nitrogens with zero attached hydrogens (tertiary/aromatic N) is 2. The highest BCUT2D eigenvalue weighted by Crippen LogP contribution is 2.12. The van der Waals surface area contributed by atoms with Crippen LogP contribution in [0.5, 0.6) is 5.88 Å². The van der Waals surface area contributed by atoms with Crippen LogP contribution in [0.2, 0.25) is 0 Å². The second kappa shape index (κ2) is 7.08. The molecule has 2 aromatic heterocycles. The number of rotatable bonds is 5. The van der Waals surface area contributed by atoms with E-state index in [1.165, 1.54) is 0 Å². The third kappa shape index (κ3) is 3.94. The molecule has 0 saturated heterocycles. The molecule has 6 nitrogen and oxygen atoms in total. The molecule has 0 bridgehead atoms. The predicted octanol–water partition coefficient (Wildman–Crippen LogP) is 1.48. The number of nitrogens with one attached hydrogen (secondary N) is 2. The molecule has 0 aliphatic rings. The molecule has 0 radical (unpaired) electrons. The van der Waals surface area contributed by atoms with Gasteiger partial charge in [-0.3, -0.25) is 4.98 Å². The van der Waals surface area contributed by atoms with E-state index >= 15 is 0 Å². The molecule has 2 rings (SSSR count). The van der Waals surface area contributed by atoms with Crippen LogP contribution in [0.4, 0.5) is 4.79 Å². The molecule has 0 aliphatic heterocycles. The molecular formula is C14H16N4O2. The number of aromatic nitrogens is 2. The average Bonchev–Trinajstić information content (AvgIpc) is 2.52. The number of hydrogen-bond acceptors (Lipinski definition) is 4. The Hall–Kier alpha value is -2.63. The van der Waals surface area contributed by atoms with E-state index in [4.69, 9.17) is 4.74 Å². The summed E-state index contributed by atoms with van der Waals surface area (Å²) in [5.41, 5.74) is 1.63. The van der Waals surface area contributed by atoms with Crippen LogP contribution in [-0.4, -0.2) is 23.1 Å². The summed E-state index contributed by atoms with van der Waals surface area (Å²) >= 11 is 0. The maximum atomic E-state index is 11.7. The lowest BCUT2D eigenvalue weighted by atomic mass is 10.3. The van der Waals surface area contributed by atoms with Gasteiger partial charge in [0.15, 0.2) is 0 Å². The third-order valence-corrected chi connectivity index (χ3v) is 2.64. The quantitative estimate of drug-likeness (QED) is 0.864. The lowest BCUT2D eigenvalue weighted by Crippen LogP contribution is -2.34. The van der Waals surface area contributed by atoms with E-state index in [2.05, 4.69) is 20.6 Å². The molecule has 2 amide bonds. The molecule has 0 aromatic carbocycles. The van der Waals surface area contributed by atoms with Gasteiger partial charge < -0.3 is 15.4 Å². The number of methoxy groups -OCH3 is 1. The molecule has 0 atom stereocenters. The number of urea groups is 1. The van der Waals surface area contributed by atoms with Gasteiger partial charge in [0.25, 0.3) is 0 Å². The fourth-order valence-corrected chi connectivity index (χ4v) is 1.65. The second-order valence-corrected chi connectivity index (χ2v) is 4.03. The Morgan fingerprint density at radius 1 is 1.10 bits per heavy atom. The summed E-state index contributed by atoms with van der Waals surface area (Å²) in [4.78, 5) is 19.9. The summed E-state index contributed by atoms with van der Waals surface area (Å²) < 4.78 is 5.11. The maximum absolute atomic E-state index is 11.7. The minimum Gasteiger partial charge on any atom is -0.481 e. The molecule has 0 saturated carbocycles. The fourth-order valence-electron chi connectivity index (χ4n) is 1.65. The van der Waals surface area contributed by atoms with Crippen molar-refractivity contribution in [1.29, 1.82) is 0 Å². The van der Waals surface area contributed by atoms with Gasteiger partial charge in [0.2, 0.25) is 5.88 Å². The SMILES string of the molecule is COc1ncccc1CNC(=O)NCc1ccccn1. The highest BCUT2D eigenvalue weighted by molar-refractivity contribution is 5.73. The van der Waals surface area contributed by atoms with Crippen molar-refractivity contribution >= 4 is 6.03 Å². The molecule has 0 aliphatic carbocycles. The maximum Gasteiger partial charge on any atom is 0.315 e. The van der Waals surface area contributed by atoms with Gasteiger partial charge in [-0.25, -0.2) is 9.78 Å². The average molecular weight is 272 g/mol. The Balaban J connectivity index is 1.80. The van der Waals surface area contributed by atoms with Gasteiger partial charge in [0.05, 0.1) is 19.3 Å². The van der Waals surface area contributed by atoms with E-state index in [9.17, 15) is 4.79 Å². The summed E-state index contributed by atoms with van der Waals surface area (Å²) in [6.45, 7) is 0.738. The summed E-state index contributed by atoms with van der Waals surface area (Å²) in [6, 6.07) is 8.95. The minimum atomic E-state index is -0.262. The van der Waals surface area contributed by atoms with E-state index in [0.717, 1.165) is 11.3 Å². The van der Waals surface area contributed by atoms with Crippen LogP contribution in [-0.2, 0) is 13.1 Å². The normalized spacial score (nSPS) is 9.85. The lowest BCUT2D eigenvalue weighted by molar-refractivity contribution is 0.240. The first-order valence-corrected chi connectivity index (χ1v) is 6.19. The van der Waals surface area contributed by atoms with E-state index in [1.807, 2.05) is 24.3 Å². The molecule has 20 heavy (non-hydrogen) atoms. The molecule has 2 aromatic rings. The molecule has 2 N–H and O–H groups in total. The Morgan fingerprint density at radius 2 is 1.90 bits per heavy atom. The standard InChI is InChI=1S/C14H16N4O2/c1-20-13-11(5-4-8-16-13)9-17-14(19)18-10-12-6-2-3-7-15-12/h2-8H,9-10H2,1H3,(H2,17,18,19). The van der Waals surface area contributed by atoms with Crippen molar-refractivity contribution in [2.45, 2.75) is 13.1 Å². The number of carbonyl (C=O) groups excluding carboxylic acids is 1. The van der Waals surface area contributed by atoms with Crippen molar-refractivity contribution in [3.63, 3.8) is 0 Å². The molecule has 2 heterocycles. The number of hydrogen-bond donors (Lipinski definition) is 2. The first-order valence-electron chi connectivity index (χ1n) is 6.19. The second-order valence-electron chi connectivity index (χ2n) is 4.03. The number of pyridine rings is 2. The fraction of sp³-hybridized carbons (Fsp3) is 0.214. The van der Waals surface area contributed by atoms with Crippen molar-refractivity contribution in [3.05, 3.63) is 54.0 Å². The van der Waals surface area contributed by atoms with E-state index < -0.39 is 0 Å². The molecule has 104 valence electrons. The van der Waals surface area contributed by atoms with Gasteiger partial charge in [-0.15, -0.1) is 0 Å². The molecule has 6 heteroatoms. The van der Waals surface area contributed by atoms with Crippen LogP contribution in [0.15, 0.2) is 42.7 Å².